The van der Waals surface area contributed by atoms with Gasteiger partial charge >= 0.3 is 0 Å². The Balaban J connectivity index is 1.03. The van der Waals surface area contributed by atoms with Gasteiger partial charge in [0.25, 0.3) is 0 Å². The van der Waals surface area contributed by atoms with Gasteiger partial charge in [0.1, 0.15) is 0 Å². The lowest BCUT2D eigenvalue weighted by Crippen LogP contribution is -1.89. The van der Waals surface area contributed by atoms with Crippen molar-refractivity contribution in [3.05, 3.63) is 265 Å². The fourth-order valence-electron chi connectivity index (χ4n) is 9.64. The minimum Gasteiger partial charge on any atom is -0.354 e. The van der Waals surface area contributed by atoms with Crippen LogP contribution < -0.4 is 0 Å². The van der Waals surface area contributed by atoms with Crippen LogP contribution in [0.5, 0.6) is 0 Å². The molecule has 0 spiro atoms. The molecule has 0 saturated carbocycles. The second-order valence-corrected chi connectivity index (χ2v) is 18.8. The molecule has 12 nitrogen and oxygen atoms in total. The molecule has 0 radical (unpaired) electrons. The molecule has 12 heteroatoms. The zero-order valence-corrected chi connectivity index (χ0v) is 42.9. The SMILES string of the molecule is C1=Cc2nc1c(-c1ccc(N=Nc3ccccc3)cc1)c1ccc([nH]1)c(-c1ccc(N=Nc3ccccc3)cc1)c1nc(c(-c3ccc(N=Nc4ccccc4)cc3)c3ccc([nH]3)c2-c2ccc(N=Nc3ccccc3)cc2)C=C1. The number of azo groups is 4. The first-order chi connectivity index (χ1) is 39.6. The third-order valence-electron chi connectivity index (χ3n) is 13.5. The maximum Gasteiger partial charge on any atom is 0.0857 e. The van der Waals surface area contributed by atoms with E-state index in [4.69, 9.17) is 9.97 Å². The van der Waals surface area contributed by atoms with Crippen LogP contribution in [0.4, 0.5) is 45.5 Å². The number of fused-ring (bicyclic) bond motifs is 8. The number of aromatic nitrogens is 4. The van der Waals surface area contributed by atoms with Crippen molar-refractivity contribution in [1.82, 2.24) is 19.9 Å². The van der Waals surface area contributed by atoms with E-state index >= 15 is 0 Å². The largest absolute Gasteiger partial charge is 0.354 e. The number of H-pyrrole nitrogens is 2. The second-order valence-electron chi connectivity index (χ2n) is 18.8. The molecule has 0 amide bonds. The van der Waals surface area contributed by atoms with Crippen LogP contribution in [0, 0.1) is 0 Å². The van der Waals surface area contributed by atoms with Crippen LogP contribution in [-0.2, 0) is 0 Å². The normalized spacial score (nSPS) is 12.2. The van der Waals surface area contributed by atoms with Gasteiger partial charge in [0.05, 0.1) is 68.3 Å². The Morgan fingerprint density at radius 2 is 0.388 bits per heavy atom. The highest BCUT2D eigenvalue weighted by atomic mass is 15.1. The number of nitrogens with one attached hydrogen (secondary N) is 2. The van der Waals surface area contributed by atoms with Gasteiger partial charge in [0.2, 0.25) is 0 Å². The van der Waals surface area contributed by atoms with Crippen LogP contribution >= 0.6 is 0 Å². The van der Waals surface area contributed by atoms with Crippen molar-refractivity contribution in [2.75, 3.05) is 0 Å². The summed E-state index contributed by atoms with van der Waals surface area (Å²) in [7, 11) is 0. The van der Waals surface area contributed by atoms with Gasteiger partial charge in [-0.3, -0.25) is 0 Å². The van der Waals surface area contributed by atoms with Crippen molar-refractivity contribution in [3.8, 4) is 44.5 Å². The number of hydrogen-bond acceptors (Lipinski definition) is 10. The molecule has 0 aliphatic carbocycles. The van der Waals surface area contributed by atoms with Gasteiger partial charge in [-0.25, -0.2) is 9.97 Å². The first-order valence-electron chi connectivity index (χ1n) is 26.1. The van der Waals surface area contributed by atoms with Gasteiger partial charge in [0, 0.05) is 44.3 Å². The lowest BCUT2D eigenvalue weighted by molar-refractivity contribution is 1.23. The smallest absolute Gasteiger partial charge is 0.0857 e. The zero-order chi connectivity index (χ0) is 53.5. The van der Waals surface area contributed by atoms with E-state index in [0.29, 0.717) is 0 Å². The molecule has 5 heterocycles. The number of benzene rings is 8. The monoisotopic (exact) mass is 1030 g/mol. The Morgan fingerprint density at radius 1 is 0.200 bits per heavy atom. The third kappa shape index (κ3) is 10.6. The molecule has 80 heavy (non-hydrogen) atoms. The average Bonchev–Trinajstić information content (AvgIpc) is 4.40. The highest BCUT2D eigenvalue weighted by Gasteiger charge is 2.19. The highest BCUT2D eigenvalue weighted by Crippen LogP contribution is 2.40. The van der Waals surface area contributed by atoms with Crippen molar-refractivity contribution in [2.45, 2.75) is 0 Å². The summed E-state index contributed by atoms with van der Waals surface area (Å²) in [5, 5.41) is 36.2. The summed E-state index contributed by atoms with van der Waals surface area (Å²) in [6.45, 7) is 0. The summed E-state index contributed by atoms with van der Waals surface area (Å²) >= 11 is 0. The predicted molar refractivity (Wildman–Crippen MR) is 323 cm³/mol. The molecule has 8 bridgehead atoms. The Hall–Kier alpha value is -11.2. The van der Waals surface area contributed by atoms with Crippen molar-refractivity contribution in [2.24, 2.45) is 40.9 Å². The minimum absolute atomic E-state index is 0.723. The van der Waals surface area contributed by atoms with Crippen molar-refractivity contribution >= 4 is 91.9 Å². The summed E-state index contributed by atoms with van der Waals surface area (Å²) < 4.78 is 0. The molecule has 0 unspecified atom stereocenters. The molecule has 2 N–H and O–H groups in total. The van der Waals surface area contributed by atoms with Gasteiger partial charge < -0.3 is 9.97 Å². The standard InChI is InChI=1S/C68H46N12/c1-5-13-49(14-6-1)73-77-53-29-21-45(22-30-53)65-57-37-39-59(69-57)66(46-23-31-54(32-24-46)78-74-50-15-7-2-8-16-50)61-41-43-63(71-61)68(48-27-35-56(36-28-48)80-76-52-19-11-4-12-20-52)64-44-42-62(72-64)67(60-40-38-58(65)70-60)47-25-33-55(34-26-47)79-75-51-17-9-3-10-18-51/h1-44,69,72H. The zero-order valence-electron chi connectivity index (χ0n) is 42.9. The van der Waals surface area contributed by atoms with E-state index in [2.05, 4.69) is 148 Å². The van der Waals surface area contributed by atoms with E-state index in [0.717, 1.165) is 135 Å². The molecule has 0 atom stereocenters. The van der Waals surface area contributed by atoms with E-state index in [1.54, 1.807) is 0 Å². The molecule has 13 rings (SSSR count). The van der Waals surface area contributed by atoms with Gasteiger partial charge in [-0.1, -0.05) is 121 Å². The van der Waals surface area contributed by atoms with Crippen LogP contribution in [0.2, 0.25) is 0 Å². The van der Waals surface area contributed by atoms with E-state index in [1.807, 2.05) is 170 Å². The van der Waals surface area contributed by atoms with Crippen LogP contribution in [0.15, 0.2) is 284 Å². The second kappa shape index (κ2) is 22.2. The third-order valence-corrected chi connectivity index (χ3v) is 13.5. The highest BCUT2D eigenvalue weighted by molar-refractivity contribution is 6.00. The van der Waals surface area contributed by atoms with Crippen LogP contribution in [-0.4, -0.2) is 19.9 Å². The maximum atomic E-state index is 5.52. The summed E-state index contributed by atoms with van der Waals surface area (Å²) in [5.74, 6) is 0. The molecule has 0 fully saturated rings. The van der Waals surface area contributed by atoms with Crippen LogP contribution in [0.1, 0.15) is 22.8 Å². The van der Waals surface area contributed by atoms with E-state index in [9.17, 15) is 0 Å². The Bertz CT molecular complexity index is 3830. The van der Waals surface area contributed by atoms with Crippen LogP contribution in [0.25, 0.3) is 90.9 Å². The molecular weight excluding hydrogens is 985 g/mol. The van der Waals surface area contributed by atoms with Gasteiger partial charge in [-0.2, -0.15) is 40.9 Å². The quantitative estimate of drug-likeness (QED) is 0.117. The van der Waals surface area contributed by atoms with E-state index in [1.165, 1.54) is 0 Å². The lowest BCUT2D eigenvalue weighted by Gasteiger charge is -2.07. The first-order valence-corrected chi connectivity index (χ1v) is 26.1. The van der Waals surface area contributed by atoms with Gasteiger partial charge in [0.15, 0.2) is 0 Å². The van der Waals surface area contributed by atoms with Gasteiger partial charge in [-0.15, -0.1) is 0 Å². The average molecular weight is 1030 g/mol. The van der Waals surface area contributed by atoms with E-state index in [-0.39, 0.29) is 0 Å². The number of rotatable bonds is 12. The first kappa shape index (κ1) is 48.4. The summed E-state index contributed by atoms with van der Waals surface area (Å²) in [4.78, 5) is 18.8. The molecule has 8 aromatic carbocycles. The van der Waals surface area contributed by atoms with Crippen LogP contribution in [0.3, 0.4) is 0 Å². The molecule has 378 valence electrons. The number of hydrogen-bond donors (Lipinski definition) is 2. The Labute approximate surface area is 460 Å². The van der Waals surface area contributed by atoms with Crippen molar-refractivity contribution in [3.63, 3.8) is 0 Å². The summed E-state index contributed by atoms with van der Waals surface area (Å²) in [5.41, 5.74) is 19.9. The fourth-order valence-corrected chi connectivity index (χ4v) is 9.64. The molecule has 2 aliphatic rings. The topological polar surface area (TPSA) is 156 Å². The Morgan fingerprint density at radius 3 is 0.588 bits per heavy atom. The van der Waals surface area contributed by atoms with E-state index < -0.39 is 0 Å². The summed E-state index contributed by atoms with van der Waals surface area (Å²) in [6, 6.07) is 79.8. The molecular formula is C68H46N12. The minimum atomic E-state index is 0.723. The fraction of sp³-hybridized carbons (Fsp3) is 0. The molecule has 2 aliphatic heterocycles. The van der Waals surface area contributed by atoms with Crippen molar-refractivity contribution in [1.29, 1.82) is 0 Å². The number of aromatic amines is 2. The molecule has 3 aromatic heterocycles. The predicted octanol–water partition coefficient (Wildman–Crippen LogP) is 21.0. The summed E-state index contributed by atoms with van der Waals surface area (Å²) in [6.07, 6.45) is 8.35. The Kier molecular flexibility index (Phi) is 13.4. The molecule has 11 aromatic rings. The van der Waals surface area contributed by atoms with Gasteiger partial charge in [-0.05, 0) is 168 Å². The lowest BCUT2D eigenvalue weighted by atomic mass is 10.0. The molecule has 0 saturated heterocycles. The number of nitrogens with zero attached hydrogens (tertiary/aromatic N) is 10. The van der Waals surface area contributed by atoms with Crippen molar-refractivity contribution < 1.29 is 0 Å². The maximum absolute atomic E-state index is 5.52.